The summed E-state index contributed by atoms with van der Waals surface area (Å²) in [4.78, 5) is 20.7. The molecular formula is C18H20N5O2. The number of ether oxygens (including phenoxy) is 1. The quantitative estimate of drug-likeness (QED) is 0.723. The van der Waals surface area contributed by atoms with Crippen LogP contribution in [0.3, 0.4) is 0 Å². The number of aryl methyl sites for hydroxylation is 1. The van der Waals surface area contributed by atoms with Gasteiger partial charge in [0.05, 0.1) is 18.1 Å². The second-order valence-electron chi connectivity index (χ2n) is 5.87. The molecule has 2 N–H and O–H groups in total. The lowest BCUT2D eigenvalue weighted by molar-refractivity contribution is 0.0691. The third kappa shape index (κ3) is 3.71. The molecule has 0 aliphatic heterocycles. The van der Waals surface area contributed by atoms with Gasteiger partial charge in [0.25, 0.3) is 5.91 Å². The Morgan fingerprint density at radius 1 is 1.40 bits per heavy atom. The third-order valence-corrected chi connectivity index (χ3v) is 4.09. The highest BCUT2D eigenvalue weighted by Gasteiger charge is 2.19. The Balaban J connectivity index is 1.63. The number of amides is 1. The van der Waals surface area contributed by atoms with E-state index in [4.69, 9.17) is 4.74 Å². The SMILES string of the molecule is Cc1n[nH]cc1-c1c[c]cc(OC[C@@H](C)N(C)C(=O)c2c[nH]cn2)c1. The topological polar surface area (TPSA) is 86.9 Å². The number of nitrogens with one attached hydrogen (secondary N) is 2. The summed E-state index contributed by atoms with van der Waals surface area (Å²) >= 11 is 0. The van der Waals surface area contributed by atoms with Crippen molar-refractivity contribution in [1.82, 2.24) is 25.1 Å². The standard InChI is InChI=1S/C18H20N5O2/c1-12(23(3)18(24)17-9-19-11-20-17)10-25-15-6-4-5-14(7-15)16-8-21-22-13(16)2/h5-9,11-12H,10H2,1-3H3,(H,19,20)(H,21,22)/t12-/m1/s1. The van der Waals surface area contributed by atoms with Crippen LogP contribution in [-0.2, 0) is 0 Å². The number of rotatable bonds is 6. The van der Waals surface area contributed by atoms with Crippen LogP contribution in [0.5, 0.6) is 5.75 Å². The summed E-state index contributed by atoms with van der Waals surface area (Å²) in [6.07, 6.45) is 4.92. The molecule has 0 aliphatic rings. The predicted molar refractivity (Wildman–Crippen MR) is 93.2 cm³/mol. The number of hydrogen-bond donors (Lipinski definition) is 2. The van der Waals surface area contributed by atoms with Gasteiger partial charge in [-0.2, -0.15) is 5.10 Å². The number of carbonyl (C=O) groups is 1. The predicted octanol–water partition coefficient (Wildman–Crippen LogP) is 2.45. The van der Waals surface area contributed by atoms with Crippen LogP contribution < -0.4 is 4.74 Å². The molecule has 0 unspecified atom stereocenters. The van der Waals surface area contributed by atoms with Gasteiger partial charge in [-0.25, -0.2) is 4.98 Å². The first kappa shape index (κ1) is 16.8. The zero-order chi connectivity index (χ0) is 17.8. The average molecular weight is 338 g/mol. The number of imidazole rings is 1. The van der Waals surface area contributed by atoms with Gasteiger partial charge in [0, 0.05) is 25.0 Å². The fourth-order valence-corrected chi connectivity index (χ4v) is 2.43. The Morgan fingerprint density at radius 3 is 2.92 bits per heavy atom. The van der Waals surface area contributed by atoms with Crippen molar-refractivity contribution < 1.29 is 9.53 Å². The maximum atomic E-state index is 12.3. The number of nitrogens with zero attached hydrogens (tertiary/aromatic N) is 3. The maximum Gasteiger partial charge on any atom is 0.274 e. The minimum absolute atomic E-state index is 0.108. The molecule has 3 rings (SSSR count). The van der Waals surface area contributed by atoms with Crippen molar-refractivity contribution in [3.63, 3.8) is 0 Å². The number of aromatic nitrogens is 4. The number of benzene rings is 1. The Labute approximate surface area is 146 Å². The molecule has 1 aromatic carbocycles. The molecule has 1 radical (unpaired) electrons. The van der Waals surface area contributed by atoms with Crippen molar-refractivity contribution >= 4 is 5.91 Å². The van der Waals surface area contributed by atoms with Crippen molar-refractivity contribution in [3.05, 3.63) is 54.4 Å². The molecule has 3 aromatic rings. The highest BCUT2D eigenvalue weighted by atomic mass is 16.5. The maximum absolute atomic E-state index is 12.3. The van der Waals surface area contributed by atoms with Gasteiger partial charge in [-0.1, -0.05) is 0 Å². The van der Waals surface area contributed by atoms with Crippen LogP contribution in [0.4, 0.5) is 0 Å². The second kappa shape index (κ2) is 7.21. The van der Waals surface area contributed by atoms with E-state index in [1.165, 1.54) is 6.33 Å². The van der Waals surface area contributed by atoms with Gasteiger partial charge < -0.3 is 14.6 Å². The van der Waals surface area contributed by atoms with Crippen molar-refractivity contribution in [1.29, 1.82) is 0 Å². The minimum Gasteiger partial charge on any atom is -0.491 e. The summed E-state index contributed by atoms with van der Waals surface area (Å²) in [7, 11) is 1.74. The Bertz CT molecular complexity index is 841. The van der Waals surface area contributed by atoms with E-state index in [2.05, 4.69) is 26.2 Å². The fourth-order valence-electron chi connectivity index (χ4n) is 2.43. The molecule has 2 heterocycles. The van der Waals surface area contributed by atoms with Crippen LogP contribution in [0.15, 0.2) is 36.9 Å². The summed E-state index contributed by atoms with van der Waals surface area (Å²) in [6, 6.07) is 8.58. The van der Waals surface area contributed by atoms with Crippen molar-refractivity contribution in [2.24, 2.45) is 0 Å². The average Bonchev–Trinajstić information content (AvgIpc) is 3.30. The fraction of sp³-hybridized carbons (Fsp3) is 0.278. The molecular weight excluding hydrogens is 318 g/mol. The van der Waals surface area contributed by atoms with E-state index in [0.29, 0.717) is 18.1 Å². The largest absolute Gasteiger partial charge is 0.491 e. The molecule has 0 aliphatic carbocycles. The Morgan fingerprint density at radius 2 is 2.24 bits per heavy atom. The van der Waals surface area contributed by atoms with Crippen LogP contribution >= 0.6 is 0 Å². The number of H-pyrrole nitrogens is 2. The van der Waals surface area contributed by atoms with E-state index < -0.39 is 0 Å². The number of hydrogen-bond acceptors (Lipinski definition) is 4. The van der Waals surface area contributed by atoms with Gasteiger partial charge in [0.1, 0.15) is 18.1 Å². The van der Waals surface area contributed by atoms with Crippen LogP contribution in [0.25, 0.3) is 11.1 Å². The molecule has 2 aromatic heterocycles. The number of likely N-dealkylation sites (N-methyl/N-ethyl adjacent to an activating group) is 1. The Kier molecular flexibility index (Phi) is 4.83. The normalized spacial score (nSPS) is 12.0. The molecule has 1 amide bonds. The van der Waals surface area contributed by atoms with E-state index in [1.54, 1.807) is 24.2 Å². The van der Waals surface area contributed by atoms with Gasteiger partial charge >= 0.3 is 0 Å². The third-order valence-electron chi connectivity index (χ3n) is 4.09. The van der Waals surface area contributed by atoms with Crippen molar-refractivity contribution in [2.45, 2.75) is 19.9 Å². The van der Waals surface area contributed by atoms with E-state index in [0.717, 1.165) is 16.8 Å². The highest BCUT2D eigenvalue weighted by Crippen LogP contribution is 2.25. The molecule has 7 heteroatoms. The van der Waals surface area contributed by atoms with E-state index >= 15 is 0 Å². The van der Waals surface area contributed by atoms with Gasteiger partial charge in [0.15, 0.2) is 0 Å². The summed E-state index contributed by atoms with van der Waals surface area (Å²) < 4.78 is 5.85. The molecule has 0 saturated heterocycles. The molecule has 0 spiro atoms. The van der Waals surface area contributed by atoms with Crippen LogP contribution in [0.2, 0.25) is 0 Å². The summed E-state index contributed by atoms with van der Waals surface area (Å²) in [5, 5.41) is 6.98. The van der Waals surface area contributed by atoms with Crippen molar-refractivity contribution in [2.75, 3.05) is 13.7 Å². The van der Waals surface area contributed by atoms with Crippen LogP contribution in [0, 0.1) is 13.0 Å². The highest BCUT2D eigenvalue weighted by molar-refractivity contribution is 5.92. The van der Waals surface area contributed by atoms with E-state index in [-0.39, 0.29) is 11.9 Å². The number of aromatic amines is 2. The van der Waals surface area contributed by atoms with Crippen LogP contribution in [0.1, 0.15) is 23.1 Å². The van der Waals surface area contributed by atoms with Crippen LogP contribution in [-0.4, -0.2) is 50.7 Å². The molecule has 129 valence electrons. The van der Waals surface area contributed by atoms with Gasteiger partial charge in [-0.15, -0.1) is 0 Å². The van der Waals surface area contributed by atoms with Gasteiger partial charge in [-0.3, -0.25) is 9.89 Å². The van der Waals surface area contributed by atoms with E-state index in [1.807, 2.05) is 32.2 Å². The molecule has 7 nitrogen and oxygen atoms in total. The monoisotopic (exact) mass is 338 g/mol. The lowest BCUT2D eigenvalue weighted by Gasteiger charge is -2.24. The lowest BCUT2D eigenvalue weighted by Crippen LogP contribution is -2.39. The minimum atomic E-state index is -0.147. The molecule has 0 saturated carbocycles. The van der Waals surface area contributed by atoms with Gasteiger partial charge in [-0.05, 0) is 43.7 Å². The smallest absolute Gasteiger partial charge is 0.274 e. The van der Waals surface area contributed by atoms with Gasteiger partial charge in [0.2, 0.25) is 0 Å². The molecule has 25 heavy (non-hydrogen) atoms. The first-order valence-corrected chi connectivity index (χ1v) is 7.97. The lowest BCUT2D eigenvalue weighted by atomic mass is 10.1. The van der Waals surface area contributed by atoms with Crippen molar-refractivity contribution in [3.8, 4) is 16.9 Å². The Hall–Kier alpha value is -3.09. The molecule has 1 atom stereocenters. The first-order valence-electron chi connectivity index (χ1n) is 7.97. The number of carbonyl (C=O) groups excluding carboxylic acids is 1. The first-order chi connectivity index (χ1) is 12.1. The second-order valence-corrected chi connectivity index (χ2v) is 5.87. The van der Waals surface area contributed by atoms with E-state index in [9.17, 15) is 4.79 Å². The molecule has 0 fully saturated rings. The molecule has 0 bridgehead atoms. The zero-order valence-corrected chi connectivity index (χ0v) is 14.4. The summed E-state index contributed by atoms with van der Waals surface area (Å²) in [5.41, 5.74) is 3.31. The zero-order valence-electron chi connectivity index (χ0n) is 14.4. The summed E-state index contributed by atoms with van der Waals surface area (Å²) in [6.45, 7) is 4.24. The summed E-state index contributed by atoms with van der Waals surface area (Å²) in [5.74, 6) is 0.553.